The number of fused-ring (bicyclic) bond motifs is 15. The highest BCUT2D eigenvalue weighted by molar-refractivity contribution is 6.11. The average molecular weight is 662 g/mol. The summed E-state index contributed by atoms with van der Waals surface area (Å²) in [6.45, 7) is 7.52. The Kier molecular flexibility index (Phi) is 6.78. The number of morpholine rings is 1. The summed E-state index contributed by atoms with van der Waals surface area (Å²) in [5.74, 6) is 0.932. The SMILES string of the molecule is C/C=C\C(=C/C)C1(c2ccc(N3CCOCC3)cc2)C=Cc2c3c(c4ccccc4c2O1)-c1ccccc1C31c2ccccc2-c2ccccc21. The number of hydrogen-bond donors (Lipinski definition) is 0. The third kappa shape index (κ3) is 4.04. The topological polar surface area (TPSA) is 21.7 Å². The normalized spacial score (nSPS) is 19.5. The molecule has 1 fully saturated rings. The van der Waals surface area contributed by atoms with Crippen LogP contribution in [0.1, 0.15) is 47.2 Å². The lowest BCUT2D eigenvalue weighted by atomic mass is 9.68. The lowest BCUT2D eigenvalue weighted by Crippen LogP contribution is -2.37. The highest BCUT2D eigenvalue weighted by Crippen LogP contribution is 2.66. The summed E-state index contributed by atoms with van der Waals surface area (Å²) in [6, 6.07) is 45.0. The van der Waals surface area contributed by atoms with Crippen LogP contribution >= 0.6 is 0 Å². The van der Waals surface area contributed by atoms with E-state index in [9.17, 15) is 0 Å². The molecule has 0 radical (unpaired) electrons. The molecule has 1 saturated heterocycles. The Labute approximate surface area is 299 Å². The summed E-state index contributed by atoms with van der Waals surface area (Å²) in [7, 11) is 0. The average Bonchev–Trinajstić information content (AvgIpc) is 3.68. The van der Waals surface area contributed by atoms with Crippen molar-refractivity contribution in [2.75, 3.05) is 31.2 Å². The van der Waals surface area contributed by atoms with Gasteiger partial charge in [-0.2, -0.15) is 0 Å². The molecule has 1 unspecified atom stereocenters. The third-order valence-electron chi connectivity index (χ3n) is 11.6. The molecule has 4 aliphatic rings. The van der Waals surface area contributed by atoms with Crippen LogP contribution in [0.5, 0.6) is 5.75 Å². The van der Waals surface area contributed by atoms with Crippen LogP contribution in [0.15, 0.2) is 151 Å². The molecule has 1 spiro atoms. The Hall–Kier alpha value is -5.64. The minimum absolute atomic E-state index is 0.479. The van der Waals surface area contributed by atoms with E-state index in [0.29, 0.717) is 0 Å². The standard InChI is InChI=1S/C48H39NO2/c1-3-13-32(4-2)47(33-22-24-34(25-23-33)49-28-30-50-31-29-49)27-26-40-45-44(37-16-5-6-17-38(37)46(40)51-47)39-18-9-12-21-43(39)48(45)41-19-10-7-14-35(41)36-15-8-11-20-42(36)48/h3-27H,28-31H2,1-2H3/b13-3-,32-4+. The molecule has 1 atom stereocenters. The molecule has 248 valence electrons. The fourth-order valence-corrected chi connectivity index (χ4v) is 9.55. The molecule has 2 aliphatic carbocycles. The van der Waals surface area contributed by atoms with Gasteiger partial charge in [0.05, 0.1) is 18.6 Å². The van der Waals surface area contributed by atoms with Gasteiger partial charge in [-0.05, 0) is 87.5 Å². The Bertz CT molecular complexity index is 2420. The van der Waals surface area contributed by atoms with Crippen LogP contribution in [-0.2, 0) is 15.8 Å². The molecule has 0 bridgehead atoms. The highest BCUT2D eigenvalue weighted by atomic mass is 16.5. The van der Waals surface area contributed by atoms with Crippen LogP contribution in [0.25, 0.3) is 39.1 Å². The summed E-state index contributed by atoms with van der Waals surface area (Å²) in [5.41, 5.74) is 13.8. The van der Waals surface area contributed by atoms with E-state index in [-0.39, 0.29) is 0 Å². The van der Waals surface area contributed by atoms with E-state index in [2.05, 4.69) is 170 Å². The molecule has 10 rings (SSSR count). The van der Waals surface area contributed by atoms with E-state index in [1.165, 1.54) is 55.6 Å². The molecule has 6 aromatic carbocycles. The maximum absolute atomic E-state index is 7.67. The second kappa shape index (κ2) is 11.4. The zero-order valence-corrected chi connectivity index (χ0v) is 29.0. The number of nitrogens with zero attached hydrogens (tertiary/aromatic N) is 1. The van der Waals surface area contributed by atoms with Gasteiger partial charge in [-0.25, -0.2) is 0 Å². The van der Waals surface area contributed by atoms with Crippen LogP contribution in [-0.4, -0.2) is 26.3 Å². The molecule has 51 heavy (non-hydrogen) atoms. The van der Waals surface area contributed by atoms with Crippen molar-refractivity contribution in [2.24, 2.45) is 0 Å². The van der Waals surface area contributed by atoms with E-state index < -0.39 is 11.0 Å². The maximum atomic E-state index is 7.67. The summed E-state index contributed by atoms with van der Waals surface area (Å²) in [6.07, 6.45) is 11.2. The van der Waals surface area contributed by atoms with Gasteiger partial charge in [0.25, 0.3) is 0 Å². The first kappa shape index (κ1) is 30.2. The van der Waals surface area contributed by atoms with E-state index in [1.807, 2.05) is 0 Å². The lowest BCUT2D eigenvalue weighted by molar-refractivity contribution is 0.122. The predicted molar refractivity (Wildman–Crippen MR) is 210 cm³/mol. The first-order chi connectivity index (χ1) is 25.2. The molecule has 0 amide bonds. The molecule has 2 aliphatic heterocycles. The number of hydrogen-bond acceptors (Lipinski definition) is 3. The van der Waals surface area contributed by atoms with Crippen molar-refractivity contribution in [2.45, 2.75) is 24.9 Å². The van der Waals surface area contributed by atoms with Crippen molar-refractivity contribution in [1.29, 1.82) is 0 Å². The van der Waals surface area contributed by atoms with Gasteiger partial charge in [0.1, 0.15) is 5.75 Å². The third-order valence-corrected chi connectivity index (χ3v) is 11.6. The molecule has 0 N–H and O–H groups in total. The lowest BCUT2D eigenvalue weighted by Gasteiger charge is -2.40. The van der Waals surface area contributed by atoms with Crippen LogP contribution in [0, 0.1) is 0 Å². The van der Waals surface area contributed by atoms with E-state index >= 15 is 0 Å². The molecule has 3 nitrogen and oxygen atoms in total. The number of ether oxygens (including phenoxy) is 2. The number of rotatable bonds is 4. The number of anilines is 1. The Morgan fingerprint density at radius 3 is 1.90 bits per heavy atom. The van der Waals surface area contributed by atoms with Crippen molar-refractivity contribution in [3.63, 3.8) is 0 Å². The van der Waals surface area contributed by atoms with Gasteiger partial charge < -0.3 is 14.4 Å². The molecular weight excluding hydrogens is 623 g/mol. The second-order valence-electron chi connectivity index (χ2n) is 14.0. The molecule has 3 heteroatoms. The molecular formula is C48H39NO2. The van der Waals surface area contributed by atoms with Crippen LogP contribution < -0.4 is 9.64 Å². The van der Waals surface area contributed by atoms with E-state index in [0.717, 1.165) is 54.1 Å². The second-order valence-corrected chi connectivity index (χ2v) is 14.0. The van der Waals surface area contributed by atoms with Crippen LogP contribution in [0.4, 0.5) is 5.69 Å². The van der Waals surface area contributed by atoms with Gasteiger partial charge in [-0.1, -0.05) is 133 Å². The van der Waals surface area contributed by atoms with Crippen molar-refractivity contribution < 1.29 is 9.47 Å². The number of allylic oxidation sites excluding steroid dienone is 2. The summed E-state index contributed by atoms with van der Waals surface area (Å²) in [5, 5.41) is 2.35. The Morgan fingerprint density at radius 2 is 1.25 bits per heavy atom. The van der Waals surface area contributed by atoms with Gasteiger partial charge in [-0.3, -0.25) is 0 Å². The quantitative estimate of drug-likeness (QED) is 0.175. The first-order valence-corrected chi connectivity index (χ1v) is 18.2. The molecule has 6 aromatic rings. The predicted octanol–water partition coefficient (Wildman–Crippen LogP) is 10.8. The first-order valence-electron chi connectivity index (χ1n) is 18.2. The summed E-state index contributed by atoms with van der Waals surface area (Å²) in [4.78, 5) is 2.40. The monoisotopic (exact) mass is 661 g/mol. The van der Waals surface area contributed by atoms with Gasteiger partial charge >= 0.3 is 0 Å². The van der Waals surface area contributed by atoms with Gasteiger partial charge in [0.2, 0.25) is 0 Å². The highest BCUT2D eigenvalue weighted by Gasteiger charge is 2.54. The van der Waals surface area contributed by atoms with Crippen LogP contribution in [0.2, 0.25) is 0 Å². The zero-order valence-electron chi connectivity index (χ0n) is 29.0. The van der Waals surface area contributed by atoms with E-state index in [1.54, 1.807) is 0 Å². The van der Waals surface area contributed by atoms with Gasteiger partial charge in [0.15, 0.2) is 5.60 Å². The van der Waals surface area contributed by atoms with Crippen molar-refractivity contribution in [3.05, 3.63) is 185 Å². The number of benzene rings is 6. The van der Waals surface area contributed by atoms with Gasteiger partial charge in [-0.15, -0.1) is 0 Å². The summed E-state index contributed by atoms with van der Waals surface area (Å²) < 4.78 is 13.3. The van der Waals surface area contributed by atoms with E-state index in [4.69, 9.17) is 9.47 Å². The van der Waals surface area contributed by atoms with Crippen LogP contribution in [0.3, 0.4) is 0 Å². The Balaban J connectivity index is 1.27. The zero-order chi connectivity index (χ0) is 34.2. The van der Waals surface area contributed by atoms with Crippen molar-refractivity contribution in [3.8, 4) is 28.0 Å². The molecule has 2 heterocycles. The van der Waals surface area contributed by atoms with Crippen molar-refractivity contribution >= 4 is 22.5 Å². The maximum Gasteiger partial charge on any atom is 0.177 e. The fraction of sp³-hybridized carbons (Fsp3) is 0.167. The summed E-state index contributed by atoms with van der Waals surface area (Å²) >= 11 is 0. The smallest absolute Gasteiger partial charge is 0.177 e. The molecule has 0 aromatic heterocycles. The largest absolute Gasteiger partial charge is 0.472 e. The minimum Gasteiger partial charge on any atom is -0.472 e. The minimum atomic E-state index is -0.821. The fourth-order valence-electron chi connectivity index (χ4n) is 9.55. The molecule has 0 saturated carbocycles. The van der Waals surface area contributed by atoms with Crippen molar-refractivity contribution in [1.82, 2.24) is 0 Å². The van der Waals surface area contributed by atoms with Gasteiger partial charge in [0, 0.05) is 35.3 Å². The Morgan fingerprint density at radius 1 is 0.667 bits per heavy atom.